The first-order valence-corrected chi connectivity index (χ1v) is 3.20. The molecular weight excluding hydrogens is 170 g/mol. The zero-order valence-electron chi connectivity index (χ0n) is 20.3. The fourth-order valence-electron chi connectivity index (χ4n) is 0.588. The summed E-state index contributed by atoms with van der Waals surface area (Å²) in [4.78, 5) is 11.4. The summed E-state index contributed by atoms with van der Waals surface area (Å²) in [6.45, 7) is 0. The monoisotopic (exact) mass is 201 g/mol. The van der Waals surface area contributed by atoms with E-state index >= 15 is 0 Å². The van der Waals surface area contributed by atoms with Crippen LogP contribution < -0.4 is 5.72 Å². The standard InChI is InChI=1S/C9H17NO3/c10-8(9(12)13)5-6-1-3-7(11)4-2-6/h6-8,11H,1-5,10H2,(H,12,13)/t6?,7?,8-/m0/s1/i1D,2D2,3D2,4D2,5D2,6D,7D,8D/hD2/t1?,6?,7?,8-. The van der Waals surface area contributed by atoms with Gasteiger partial charge in [-0.2, -0.15) is 0 Å². The second-order valence-electron chi connectivity index (χ2n) is 2.08. The zero-order valence-corrected chi connectivity index (χ0v) is 6.33. The van der Waals surface area contributed by atoms with Gasteiger partial charge >= 0.3 is 5.97 Å². The Balaban J connectivity index is 4.01. The highest BCUT2D eigenvalue weighted by Gasteiger charge is 2.23. The lowest BCUT2D eigenvalue weighted by molar-refractivity contribution is -0.139. The van der Waals surface area contributed by atoms with Crippen molar-refractivity contribution in [3.63, 3.8) is 0 Å². The highest BCUT2D eigenvalue weighted by atomic mass is 16.4. The minimum Gasteiger partial charge on any atom is -0.480 e. The smallest absolute Gasteiger partial charge is 0.320 e. The molecule has 4 atom stereocenters. The lowest BCUT2D eigenvalue weighted by Crippen LogP contribution is -2.33. The van der Waals surface area contributed by atoms with Crippen LogP contribution in [0.3, 0.4) is 0 Å². The summed E-state index contributed by atoms with van der Waals surface area (Å²) in [5.74, 6) is -6.65. The first kappa shape index (κ1) is 2.31. The molecule has 0 saturated heterocycles. The van der Waals surface area contributed by atoms with Gasteiger partial charge in [0.1, 0.15) is 8.84 Å². The van der Waals surface area contributed by atoms with Gasteiger partial charge in [0.15, 0.2) is 0 Å². The van der Waals surface area contributed by atoms with E-state index in [0.29, 0.717) is 0 Å². The topological polar surface area (TPSA) is 83.5 Å². The van der Waals surface area contributed by atoms with Crippen LogP contribution >= 0.6 is 0 Å². The van der Waals surface area contributed by atoms with Gasteiger partial charge < -0.3 is 15.9 Å². The second kappa shape index (κ2) is 4.58. The number of aliphatic hydroxyl groups is 1. The van der Waals surface area contributed by atoms with Crippen molar-refractivity contribution in [2.75, 3.05) is 0 Å². The van der Waals surface area contributed by atoms with Crippen LogP contribution in [0.4, 0.5) is 0 Å². The van der Waals surface area contributed by atoms with Crippen molar-refractivity contribution in [1.29, 1.82) is 0 Å². The first-order valence-electron chi connectivity index (χ1n) is 10.2. The molecule has 0 aromatic rings. The van der Waals surface area contributed by atoms with E-state index in [2.05, 4.69) is 0 Å². The van der Waals surface area contributed by atoms with Crippen molar-refractivity contribution in [2.45, 2.75) is 44.0 Å². The third kappa shape index (κ3) is 3.32. The van der Waals surface area contributed by atoms with Crippen LogP contribution in [0.15, 0.2) is 0 Å². The maximum absolute atomic E-state index is 11.4. The summed E-state index contributed by atoms with van der Waals surface area (Å²) in [5.41, 5.74) is -1.03. The van der Waals surface area contributed by atoms with Crippen LogP contribution in [0.25, 0.3) is 0 Å². The van der Waals surface area contributed by atoms with E-state index < -0.39 is 61.6 Å². The molecule has 4 N–H and O–H groups in total. The van der Waals surface area contributed by atoms with Gasteiger partial charge in [0, 0.05) is 13.7 Å². The van der Waals surface area contributed by atoms with Crippen LogP contribution in [0.5, 0.6) is 0 Å². The largest absolute Gasteiger partial charge is 0.480 e. The third-order valence-corrected chi connectivity index (χ3v) is 1.12. The Morgan fingerprint density at radius 1 is 1.92 bits per heavy atom. The van der Waals surface area contributed by atoms with Crippen molar-refractivity contribution < 1.29 is 34.3 Å². The number of hydrogen-bond donors (Lipinski definition) is 3. The lowest BCUT2D eigenvalue weighted by Gasteiger charge is -2.26. The van der Waals surface area contributed by atoms with E-state index in [1.165, 1.54) is 0 Å². The molecule has 1 aliphatic rings. The average molecular weight is 201 g/mol. The number of aliphatic carboxylic acids is 1. The molecule has 0 amide bonds. The highest BCUT2D eigenvalue weighted by Crippen LogP contribution is 2.27. The molecule has 0 spiro atoms. The van der Waals surface area contributed by atoms with Crippen molar-refractivity contribution >= 4 is 5.97 Å². The maximum Gasteiger partial charge on any atom is 0.320 e. The number of carboxylic acids is 1. The van der Waals surface area contributed by atoms with Gasteiger partial charge in [-0.15, -0.1) is 0 Å². The molecule has 4 heteroatoms. The summed E-state index contributed by atoms with van der Waals surface area (Å²) >= 11 is 0. The van der Waals surface area contributed by atoms with Gasteiger partial charge in [-0.1, -0.05) is 0 Å². The fourth-order valence-corrected chi connectivity index (χ4v) is 0.588. The molecule has 0 bridgehead atoms. The molecule has 0 radical (unpaired) electrons. The molecule has 0 aromatic heterocycles. The van der Waals surface area contributed by atoms with E-state index in [9.17, 15) is 9.90 Å². The lowest BCUT2D eigenvalue weighted by atomic mass is 9.83. The number of rotatable bonds is 4. The molecule has 13 heavy (non-hydrogen) atoms. The molecule has 1 saturated carbocycles. The highest BCUT2D eigenvalue weighted by molar-refractivity contribution is 5.73. The predicted molar refractivity (Wildman–Crippen MR) is 48.2 cm³/mol. The van der Waals surface area contributed by atoms with Crippen LogP contribution in [-0.2, 0) is 4.79 Å². The summed E-state index contributed by atoms with van der Waals surface area (Å²) in [6, 6.07) is -4.09. The quantitative estimate of drug-likeness (QED) is 0.612. The van der Waals surface area contributed by atoms with Gasteiger partial charge in [-0.25, -0.2) is 0 Å². The zero-order chi connectivity index (χ0) is 22.2. The van der Waals surface area contributed by atoms with Crippen molar-refractivity contribution in [3.05, 3.63) is 0 Å². The summed E-state index contributed by atoms with van der Waals surface area (Å²) in [5, 5.41) is 19.1. The van der Waals surface area contributed by atoms with E-state index in [0.717, 1.165) is 0 Å². The van der Waals surface area contributed by atoms with Gasteiger partial charge in [0.25, 0.3) is 0 Å². The molecule has 3 unspecified atom stereocenters. The van der Waals surface area contributed by atoms with Gasteiger partial charge in [-0.3, -0.25) is 4.79 Å². The van der Waals surface area contributed by atoms with Crippen molar-refractivity contribution in [1.82, 2.24) is 0 Å². The Morgan fingerprint density at radius 3 is 3.31 bits per heavy atom. The Hall–Kier alpha value is -0.610. The summed E-state index contributed by atoms with van der Waals surface area (Å²) in [7, 11) is 0. The SMILES string of the molecule is [2H]C1C([2H])([2H])C([2H])(O)C([2H])([2H])C([2H])([2H])C1([2H])C([2H])([2H])[C@@]([2H])(C(=O)O)N([2H])[2H]. The normalized spacial score (nSPS) is 79.4. The molecule has 0 heterocycles. The molecule has 0 aliphatic heterocycles. The van der Waals surface area contributed by atoms with E-state index in [1.54, 1.807) is 0 Å². The number of hydrogen-bond acceptors (Lipinski definition) is 3. The van der Waals surface area contributed by atoms with Crippen LogP contribution in [0.2, 0.25) is 2.82 Å². The van der Waals surface area contributed by atoms with Crippen molar-refractivity contribution in [3.8, 4) is 0 Å². The number of nitrogens with two attached hydrogens (primary N) is 1. The minimum absolute atomic E-state index is 1.03. The molecule has 1 aliphatic carbocycles. The minimum atomic E-state index is -4.26. The molecule has 0 aromatic carbocycles. The third-order valence-electron chi connectivity index (χ3n) is 1.12. The van der Waals surface area contributed by atoms with Gasteiger partial charge in [0.05, 0.1) is 8.82 Å². The molecular formula is C9H17NO3. The van der Waals surface area contributed by atoms with Crippen LogP contribution in [-0.4, -0.2) is 28.3 Å². The summed E-state index contributed by atoms with van der Waals surface area (Å²) < 4.78 is 107. The van der Waals surface area contributed by atoms with Gasteiger partial charge in [0.2, 0.25) is 0 Å². The Kier molecular flexibility index (Phi) is 0.813. The van der Waals surface area contributed by atoms with Crippen LogP contribution in [0, 0.1) is 5.89 Å². The fraction of sp³-hybridized carbons (Fsp3) is 0.889. The molecule has 4 nitrogen and oxygen atoms in total. The second-order valence-corrected chi connectivity index (χ2v) is 2.08. The Bertz CT molecular complexity index is 637. The first-order chi connectivity index (χ1) is 11.5. The maximum atomic E-state index is 11.4. The Morgan fingerprint density at radius 2 is 2.69 bits per heavy atom. The van der Waals surface area contributed by atoms with E-state index in [-0.39, 0.29) is 0 Å². The Labute approximate surface area is 97.5 Å². The average Bonchev–Trinajstić information content (AvgIpc) is 2.49. The number of carboxylic acid groups (broad SMARTS) is 1. The van der Waals surface area contributed by atoms with Gasteiger partial charge in [-0.05, 0) is 37.8 Å². The summed E-state index contributed by atoms with van der Waals surface area (Å²) in [6.07, 6.45) is -23.4. The van der Waals surface area contributed by atoms with E-state index in [1.807, 2.05) is 0 Å². The van der Waals surface area contributed by atoms with E-state index in [4.69, 9.17) is 24.4 Å². The van der Waals surface area contributed by atoms with Crippen LogP contribution in [0.1, 0.15) is 48.3 Å². The molecule has 1 fully saturated rings. The van der Waals surface area contributed by atoms with Crippen molar-refractivity contribution in [2.24, 2.45) is 11.6 Å². The number of carbonyl (C=O) groups is 1. The predicted octanol–water partition coefficient (Wildman–Crippen LogP) is 0.339. The molecule has 1 rings (SSSR count). The molecule has 76 valence electrons.